The van der Waals surface area contributed by atoms with Crippen LogP contribution in [0.4, 0.5) is 9.59 Å². The fraction of sp³-hybridized carbons (Fsp3) is 0. The molecule has 0 aliphatic carbocycles. The number of carbonyl (C=O) groups excluding carboxylic acids is 2. The third-order valence-electron chi connectivity index (χ3n) is 0. The number of carbonyl (C=O) groups is 2. The van der Waals surface area contributed by atoms with Gasteiger partial charge in [0.25, 0.3) is 0 Å². The number of hydrogen-bond acceptors (Lipinski definition) is 2. The molecule has 0 fully saturated rings. The summed E-state index contributed by atoms with van der Waals surface area (Å²) < 4.78 is 0. The van der Waals surface area contributed by atoms with Crippen molar-refractivity contribution in [2.45, 2.75) is 0 Å². The van der Waals surface area contributed by atoms with Gasteiger partial charge in [0.2, 0.25) is 0 Å². The molecule has 0 unspecified atom stereocenters. The van der Waals surface area contributed by atoms with Crippen LogP contribution in [0.5, 0.6) is 0 Å². The zero-order chi connectivity index (χ0) is 9.86. The van der Waals surface area contributed by atoms with Crippen LogP contribution >= 0.6 is 19.1 Å². The van der Waals surface area contributed by atoms with E-state index in [1.54, 1.807) is 0 Å². The topological polar surface area (TPSA) is 141 Å². The molecule has 0 saturated heterocycles. The summed E-state index contributed by atoms with van der Waals surface area (Å²) in [6, 6.07) is -1.17. The van der Waals surface area contributed by atoms with Crippen molar-refractivity contribution in [1.29, 1.82) is 0 Å². The Morgan fingerprint density at radius 2 is 1.09 bits per heavy atom. The quantitative estimate of drug-likeness (QED) is 0.384. The van der Waals surface area contributed by atoms with Crippen molar-refractivity contribution >= 4 is 31.1 Å². The predicted octanol–water partition coefficient (Wildman–Crippen LogP) is -2.01. The van der Waals surface area contributed by atoms with Crippen LogP contribution in [0.15, 0.2) is 0 Å². The summed E-state index contributed by atoms with van der Waals surface area (Å²) >= 11 is -0.106. The summed E-state index contributed by atoms with van der Waals surface area (Å²) in [6.07, 6.45) is 0. The molecule has 0 heterocycles. The Labute approximate surface area is 79.6 Å². The number of rotatable bonds is 0. The molecule has 0 aromatic rings. The average molecular weight is 299 g/mol. The number of urea groups is 2. The number of quaternary nitrogens is 2. The van der Waals surface area contributed by atoms with Crippen molar-refractivity contribution in [2.24, 2.45) is 11.5 Å². The molecule has 0 aromatic heterocycles. The van der Waals surface area contributed by atoms with Gasteiger partial charge in [-0.15, -0.1) is 0 Å². The molecule has 0 aliphatic heterocycles. The SMILES string of the molecule is NC([NH3+])=O.NC([NH3+])=O.[Cl][Pd][Cl]. The summed E-state index contributed by atoms with van der Waals surface area (Å²) in [5.74, 6) is 0. The van der Waals surface area contributed by atoms with Crippen LogP contribution in [0, 0.1) is 0 Å². The second kappa shape index (κ2) is 16.6. The first kappa shape index (κ1) is 17.3. The number of primary amides is 2. The van der Waals surface area contributed by atoms with Crippen molar-refractivity contribution < 1.29 is 37.0 Å². The van der Waals surface area contributed by atoms with Crippen LogP contribution in [0.3, 0.4) is 0 Å². The van der Waals surface area contributed by atoms with E-state index in [1.165, 1.54) is 0 Å². The summed E-state index contributed by atoms with van der Waals surface area (Å²) in [5.41, 5.74) is 14.3. The second-order valence-electron chi connectivity index (χ2n) is 0.978. The molecule has 11 heavy (non-hydrogen) atoms. The molecule has 0 rings (SSSR count). The van der Waals surface area contributed by atoms with Gasteiger partial charge in [0.05, 0.1) is 0 Å². The maximum atomic E-state index is 9.11. The Balaban J connectivity index is -0.0000000886. The molecular formula is C2H10Cl2N4O2Pd+2. The van der Waals surface area contributed by atoms with Gasteiger partial charge in [0, 0.05) is 0 Å². The van der Waals surface area contributed by atoms with Crippen molar-refractivity contribution in [3.05, 3.63) is 0 Å². The number of amides is 4. The monoisotopic (exact) mass is 298 g/mol. The van der Waals surface area contributed by atoms with Crippen LogP contribution < -0.4 is 22.9 Å². The molecule has 72 valence electrons. The molecule has 0 saturated carbocycles. The van der Waals surface area contributed by atoms with E-state index in [1.807, 2.05) is 0 Å². The minimum absolute atomic E-state index is 0.106. The Hall–Kier alpha value is 0.102. The van der Waals surface area contributed by atoms with Crippen LogP contribution in [0.2, 0.25) is 0 Å². The predicted molar refractivity (Wildman–Crippen MR) is 36.6 cm³/mol. The van der Waals surface area contributed by atoms with Gasteiger partial charge in [-0.25, -0.2) is 9.59 Å². The zero-order valence-electron chi connectivity index (χ0n) is 5.46. The number of halogens is 2. The first-order valence-corrected chi connectivity index (χ1v) is 5.94. The molecule has 0 aromatic carbocycles. The van der Waals surface area contributed by atoms with E-state index in [0.717, 1.165) is 0 Å². The first-order chi connectivity index (χ1) is 4.88. The Kier molecular flexibility index (Phi) is 26.0. The Morgan fingerprint density at radius 3 is 1.09 bits per heavy atom. The van der Waals surface area contributed by atoms with Gasteiger partial charge in [-0.1, -0.05) is 0 Å². The van der Waals surface area contributed by atoms with Gasteiger partial charge >= 0.3 is 47.1 Å². The average Bonchev–Trinajstić information content (AvgIpc) is 1.60. The van der Waals surface area contributed by atoms with E-state index in [2.05, 4.69) is 22.9 Å². The molecule has 0 atom stereocenters. The van der Waals surface area contributed by atoms with Crippen molar-refractivity contribution in [1.82, 2.24) is 0 Å². The van der Waals surface area contributed by atoms with E-state index in [4.69, 9.17) is 28.6 Å². The number of hydrogen-bond donors (Lipinski definition) is 4. The van der Waals surface area contributed by atoms with Gasteiger partial charge in [-0.05, 0) is 0 Å². The molecule has 6 nitrogen and oxygen atoms in total. The molecule has 4 amide bonds. The standard InChI is InChI=1S/2CH4N2O.2ClH.Pd/c2*2-1(3)4;;;/h2*(H4,2,3,4);2*1H;/q;;;;+2. The third-order valence-corrected chi connectivity index (χ3v) is 0. The fourth-order valence-electron chi connectivity index (χ4n) is 0. The Bertz CT molecular complexity index is 92.3. The molecule has 0 spiro atoms. The molecule has 0 bridgehead atoms. The second-order valence-corrected chi connectivity index (χ2v) is 3.34. The van der Waals surface area contributed by atoms with Gasteiger partial charge < -0.3 is 11.5 Å². The van der Waals surface area contributed by atoms with E-state index in [-0.39, 0.29) is 15.9 Å². The molecule has 9 heteroatoms. The van der Waals surface area contributed by atoms with Crippen molar-refractivity contribution in [3.8, 4) is 0 Å². The summed E-state index contributed by atoms with van der Waals surface area (Å²) in [4.78, 5) is 18.2. The van der Waals surface area contributed by atoms with E-state index in [0.29, 0.717) is 0 Å². The fourth-order valence-corrected chi connectivity index (χ4v) is 0. The Morgan fingerprint density at radius 1 is 1.09 bits per heavy atom. The number of nitrogens with two attached hydrogens (primary N) is 2. The van der Waals surface area contributed by atoms with E-state index in [9.17, 15) is 0 Å². The molecule has 0 aliphatic rings. The van der Waals surface area contributed by atoms with Crippen LogP contribution in [-0.4, -0.2) is 12.1 Å². The molecular weight excluding hydrogens is 289 g/mol. The summed E-state index contributed by atoms with van der Waals surface area (Å²) in [5, 5.41) is 0. The minimum atomic E-state index is -0.583. The first-order valence-electron chi connectivity index (χ1n) is 1.93. The van der Waals surface area contributed by atoms with Crippen LogP contribution in [0.25, 0.3) is 0 Å². The zero-order valence-corrected chi connectivity index (χ0v) is 8.52. The van der Waals surface area contributed by atoms with E-state index < -0.39 is 12.1 Å². The summed E-state index contributed by atoms with van der Waals surface area (Å²) in [6.45, 7) is 0. The third kappa shape index (κ3) is 63300. The van der Waals surface area contributed by atoms with Crippen LogP contribution in [-0.2, 0) is 15.9 Å². The normalized spacial score (nSPS) is 6.55. The molecule has 10 N–H and O–H groups in total. The molecule has 0 radical (unpaired) electrons. The van der Waals surface area contributed by atoms with Gasteiger partial charge in [-0.2, -0.15) is 0 Å². The summed E-state index contributed by atoms with van der Waals surface area (Å²) in [7, 11) is 9.63. The van der Waals surface area contributed by atoms with Crippen LogP contribution in [0.1, 0.15) is 0 Å². The van der Waals surface area contributed by atoms with Crippen molar-refractivity contribution in [3.63, 3.8) is 0 Å². The van der Waals surface area contributed by atoms with Gasteiger partial charge in [-0.3, -0.25) is 11.5 Å². The van der Waals surface area contributed by atoms with Gasteiger partial charge in [0.15, 0.2) is 0 Å². The maximum absolute atomic E-state index is 9.11. The van der Waals surface area contributed by atoms with Crippen molar-refractivity contribution in [2.75, 3.05) is 0 Å². The van der Waals surface area contributed by atoms with E-state index >= 15 is 0 Å². The van der Waals surface area contributed by atoms with Gasteiger partial charge in [0.1, 0.15) is 0 Å².